The van der Waals surface area contributed by atoms with Gasteiger partial charge in [-0.1, -0.05) is 25.1 Å². The molecular formula is C14H19NO3. The third-order valence-corrected chi connectivity index (χ3v) is 3.84. The number of aliphatic hydroxyl groups excluding tert-OH is 1. The molecule has 1 saturated heterocycles. The third-order valence-electron chi connectivity index (χ3n) is 3.84. The van der Waals surface area contributed by atoms with E-state index in [0.29, 0.717) is 0 Å². The van der Waals surface area contributed by atoms with Crippen LogP contribution in [0.5, 0.6) is 5.75 Å². The molecule has 1 aromatic carbocycles. The van der Waals surface area contributed by atoms with E-state index in [9.17, 15) is 5.11 Å². The second kappa shape index (κ2) is 4.88. The number of hydrogen-bond acceptors (Lipinski definition) is 4. The van der Waals surface area contributed by atoms with E-state index in [4.69, 9.17) is 9.47 Å². The Morgan fingerprint density at radius 1 is 1.22 bits per heavy atom. The van der Waals surface area contributed by atoms with E-state index in [1.165, 1.54) is 0 Å². The van der Waals surface area contributed by atoms with Crippen molar-refractivity contribution in [3.8, 4) is 5.75 Å². The van der Waals surface area contributed by atoms with Crippen molar-refractivity contribution in [2.45, 2.75) is 19.3 Å². The quantitative estimate of drug-likeness (QED) is 0.817. The van der Waals surface area contributed by atoms with E-state index in [1.807, 2.05) is 31.2 Å². The predicted octanol–water partition coefficient (Wildman–Crippen LogP) is 1.41. The van der Waals surface area contributed by atoms with Crippen LogP contribution in [0.3, 0.4) is 0 Å². The number of para-hydroxylation sites is 1. The van der Waals surface area contributed by atoms with Gasteiger partial charge in [0.1, 0.15) is 5.75 Å². The number of hydrogen-bond donors (Lipinski definition) is 1. The van der Waals surface area contributed by atoms with E-state index >= 15 is 0 Å². The number of benzene rings is 1. The molecule has 0 radical (unpaired) electrons. The van der Waals surface area contributed by atoms with Crippen LogP contribution in [0.1, 0.15) is 18.6 Å². The summed E-state index contributed by atoms with van der Waals surface area (Å²) in [6.07, 6.45) is -0.512. The fourth-order valence-electron chi connectivity index (χ4n) is 2.75. The van der Waals surface area contributed by atoms with Gasteiger partial charge in [0, 0.05) is 24.6 Å². The topological polar surface area (TPSA) is 41.9 Å². The number of ether oxygens (including phenoxy) is 2. The lowest BCUT2D eigenvalue weighted by molar-refractivity contribution is -0.106. The fourth-order valence-corrected chi connectivity index (χ4v) is 2.75. The predicted molar refractivity (Wildman–Crippen MR) is 67.4 cm³/mol. The summed E-state index contributed by atoms with van der Waals surface area (Å²) < 4.78 is 11.4. The molecule has 4 nitrogen and oxygen atoms in total. The Labute approximate surface area is 107 Å². The van der Waals surface area contributed by atoms with Crippen molar-refractivity contribution < 1.29 is 14.6 Å². The zero-order valence-corrected chi connectivity index (χ0v) is 10.6. The Morgan fingerprint density at radius 2 is 1.94 bits per heavy atom. The van der Waals surface area contributed by atoms with Crippen molar-refractivity contribution in [3.63, 3.8) is 0 Å². The largest absolute Gasteiger partial charge is 0.474 e. The van der Waals surface area contributed by atoms with Crippen LogP contribution < -0.4 is 4.74 Å². The SMILES string of the molecule is C[C@@H]1[C@@H](O)c2ccccc2O[C@@H]1N1CCOCC1. The maximum Gasteiger partial charge on any atom is 0.158 e. The molecule has 1 aromatic rings. The van der Waals surface area contributed by atoms with Crippen LogP contribution >= 0.6 is 0 Å². The van der Waals surface area contributed by atoms with Gasteiger partial charge in [0.2, 0.25) is 0 Å². The van der Waals surface area contributed by atoms with E-state index in [2.05, 4.69) is 4.90 Å². The minimum atomic E-state index is -0.456. The molecule has 4 heteroatoms. The van der Waals surface area contributed by atoms with Gasteiger partial charge in [-0.3, -0.25) is 4.90 Å². The van der Waals surface area contributed by atoms with Gasteiger partial charge in [-0.15, -0.1) is 0 Å². The first kappa shape index (κ1) is 12.0. The molecule has 2 aliphatic heterocycles. The van der Waals surface area contributed by atoms with Gasteiger partial charge >= 0.3 is 0 Å². The molecule has 2 aliphatic rings. The first-order valence-electron chi connectivity index (χ1n) is 6.53. The lowest BCUT2D eigenvalue weighted by Crippen LogP contribution is -2.52. The molecule has 0 spiro atoms. The average Bonchev–Trinajstić information content (AvgIpc) is 2.44. The molecule has 0 aliphatic carbocycles. The fraction of sp³-hybridized carbons (Fsp3) is 0.571. The molecule has 0 amide bonds. The molecule has 1 fully saturated rings. The maximum absolute atomic E-state index is 10.4. The molecular weight excluding hydrogens is 230 g/mol. The molecule has 98 valence electrons. The monoisotopic (exact) mass is 249 g/mol. The second-order valence-electron chi connectivity index (χ2n) is 5.00. The van der Waals surface area contributed by atoms with Crippen molar-refractivity contribution in [1.29, 1.82) is 0 Å². The summed E-state index contributed by atoms with van der Waals surface area (Å²) in [5, 5.41) is 10.4. The number of fused-ring (bicyclic) bond motifs is 1. The lowest BCUT2D eigenvalue weighted by atomic mass is 9.91. The van der Waals surface area contributed by atoms with Gasteiger partial charge in [0.05, 0.1) is 19.3 Å². The summed E-state index contributed by atoms with van der Waals surface area (Å²) in [6, 6.07) is 7.75. The van der Waals surface area contributed by atoms with Crippen molar-refractivity contribution in [2.75, 3.05) is 26.3 Å². The van der Waals surface area contributed by atoms with Gasteiger partial charge in [-0.05, 0) is 6.07 Å². The molecule has 0 bridgehead atoms. The first-order chi connectivity index (χ1) is 8.77. The van der Waals surface area contributed by atoms with Gasteiger partial charge in [0.15, 0.2) is 6.23 Å². The van der Waals surface area contributed by atoms with Crippen LogP contribution in [0.15, 0.2) is 24.3 Å². The molecule has 3 atom stereocenters. The van der Waals surface area contributed by atoms with Crippen molar-refractivity contribution >= 4 is 0 Å². The Kier molecular flexibility index (Phi) is 3.24. The van der Waals surface area contributed by atoms with Crippen LogP contribution in [0.2, 0.25) is 0 Å². The van der Waals surface area contributed by atoms with E-state index in [1.54, 1.807) is 0 Å². The lowest BCUT2D eigenvalue weighted by Gasteiger charge is -2.42. The standard InChI is InChI=1S/C14H19NO3/c1-10-13(16)11-4-2-3-5-12(11)18-14(10)15-6-8-17-9-7-15/h2-5,10,13-14,16H,6-9H2,1H3/t10-,13-,14+/m1/s1. The zero-order valence-electron chi connectivity index (χ0n) is 10.6. The summed E-state index contributed by atoms with van der Waals surface area (Å²) >= 11 is 0. The average molecular weight is 249 g/mol. The van der Waals surface area contributed by atoms with Gasteiger partial charge < -0.3 is 14.6 Å². The molecule has 1 N–H and O–H groups in total. The molecule has 2 heterocycles. The Balaban J connectivity index is 1.85. The van der Waals surface area contributed by atoms with Crippen molar-refractivity contribution in [3.05, 3.63) is 29.8 Å². The van der Waals surface area contributed by atoms with E-state index in [-0.39, 0.29) is 12.1 Å². The van der Waals surface area contributed by atoms with Gasteiger partial charge in [-0.25, -0.2) is 0 Å². The highest BCUT2D eigenvalue weighted by atomic mass is 16.5. The molecule has 3 rings (SSSR count). The van der Waals surface area contributed by atoms with Crippen LogP contribution in [-0.2, 0) is 4.74 Å². The maximum atomic E-state index is 10.4. The van der Waals surface area contributed by atoms with Crippen molar-refractivity contribution in [1.82, 2.24) is 4.90 Å². The molecule has 0 aromatic heterocycles. The highest BCUT2D eigenvalue weighted by Gasteiger charge is 2.37. The summed E-state index contributed by atoms with van der Waals surface area (Å²) in [6.45, 7) is 5.25. The van der Waals surface area contributed by atoms with Crippen LogP contribution in [0, 0.1) is 5.92 Å². The number of nitrogens with zero attached hydrogens (tertiary/aromatic N) is 1. The minimum absolute atomic E-state index is 0.0567. The van der Waals surface area contributed by atoms with Gasteiger partial charge in [0.25, 0.3) is 0 Å². The van der Waals surface area contributed by atoms with Crippen molar-refractivity contribution in [2.24, 2.45) is 5.92 Å². The Bertz CT molecular complexity index is 417. The van der Waals surface area contributed by atoms with E-state index < -0.39 is 6.10 Å². The summed E-state index contributed by atoms with van der Waals surface area (Å²) in [4.78, 5) is 2.26. The van der Waals surface area contributed by atoms with Crippen LogP contribution in [-0.4, -0.2) is 42.5 Å². The van der Waals surface area contributed by atoms with Crippen LogP contribution in [0.25, 0.3) is 0 Å². The molecule has 0 saturated carbocycles. The second-order valence-corrected chi connectivity index (χ2v) is 5.00. The smallest absolute Gasteiger partial charge is 0.158 e. The Morgan fingerprint density at radius 3 is 2.72 bits per heavy atom. The van der Waals surface area contributed by atoms with Crippen LogP contribution in [0.4, 0.5) is 0 Å². The molecule has 0 unspecified atom stereocenters. The van der Waals surface area contributed by atoms with Gasteiger partial charge in [-0.2, -0.15) is 0 Å². The van der Waals surface area contributed by atoms with E-state index in [0.717, 1.165) is 37.6 Å². The minimum Gasteiger partial charge on any atom is -0.474 e. The summed E-state index contributed by atoms with van der Waals surface area (Å²) in [5.74, 6) is 0.873. The highest BCUT2D eigenvalue weighted by molar-refractivity contribution is 5.37. The highest BCUT2D eigenvalue weighted by Crippen LogP contribution is 2.39. The Hall–Kier alpha value is -1.10. The number of morpholine rings is 1. The summed E-state index contributed by atoms with van der Waals surface area (Å²) in [7, 11) is 0. The molecule has 18 heavy (non-hydrogen) atoms. The zero-order chi connectivity index (χ0) is 12.5. The summed E-state index contributed by atoms with van der Waals surface area (Å²) in [5.41, 5.74) is 0.898. The third kappa shape index (κ3) is 2.00. The number of aliphatic hydroxyl groups is 1. The normalized spacial score (nSPS) is 32.7. The first-order valence-corrected chi connectivity index (χ1v) is 6.53. The number of rotatable bonds is 1.